The van der Waals surface area contributed by atoms with E-state index in [0.29, 0.717) is 0 Å². The minimum atomic E-state index is 0.0829. The number of unbranched alkanes of at least 4 members (excludes halogenated alkanes) is 1. The quantitative estimate of drug-likeness (QED) is 0.524. The van der Waals surface area contributed by atoms with Crippen LogP contribution in [0.25, 0.3) is 0 Å². The zero-order valence-electron chi connectivity index (χ0n) is 9.49. The van der Waals surface area contributed by atoms with Gasteiger partial charge in [0, 0.05) is 5.56 Å². The predicted octanol–water partition coefficient (Wildman–Crippen LogP) is 3.79. The average molecular weight is 202 g/mol. The van der Waals surface area contributed by atoms with Crippen molar-refractivity contribution in [2.45, 2.75) is 33.1 Å². The summed E-state index contributed by atoms with van der Waals surface area (Å²) in [6, 6.07) is 7.92. The monoisotopic (exact) mass is 202 g/mol. The fourth-order valence-corrected chi connectivity index (χ4v) is 1.46. The Hall–Kier alpha value is -1.37. The van der Waals surface area contributed by atoms with E-state index in [-0.39, 0.29) is 5.78 Å². The molecule has 1 aromatic rings. The van der Waals surface area contributed by atoms with E-state index in [1.807, 2.05) is 31.2 Å². The molecule has 0 atom stereocenters. The van der Waals surface area contributed by atoms with Crippen molar-refractivity contribution in [3.05, 3.63) is 47.5 Å². The number of aryl methyl sites for hydroxylation is 1. The van der Waals surface area contributed by atoms with Crippen molar-refractivity contribution in [2.75, 3.05) is 0 Å². The Balaban J connectivity index is 2.67. The van der Waals surface area contributed by atoms with Gasteiger partial charge >= 0.3 is 0 Å². The molecule has 0 aromatic heterocycles. The maximum atomic E-state index is 11.5. The van der Waals surface area contributed by atoms with E-state index in [1.54, 1.807) is 12.2 Å². The molecule has 0 radical (unpaired) electrons. The first-order chi connectivity index (χ1) is 7.27. The molecule has 0 saturated heterocycles. The lowest BCUT2D eigenvalue weighted by atomic mass is 10.0. The number of benzene rings is 1. The van der Waals surface area contributed by atoms with E-state index in [0.717, 1.165) is 12.0 Å². The van der Waals surface area contributed by atoms with Crippen LogP contribution in [0.15, 0.2) is 36.4 Å². The second kappa shape index (κ2) is 6.18. The number of allylic oxidation sites excluding steroid dienone is 2. The molecular weight excluding hydrogens is 184 g/mol. The molecule has 0 unspecified atom stereocenters. The van der Waals surface area contributed by atoms with Crippen LogP contribution in [-0.4, -0.2) is 5.78 Å². The fraction of sp³-hybridized carbons (Fsp3) is 0.357. The van der Waals surface area contributed by atoms with Gasteiger partial charge < -0.3 is 0 Å². The molecule has 1 heteroatoms. The van der Waals surface area contributed by atoms with Crippen LogP contribution in [0, 0.1) is 0 Å². The zero-order chi connectivity index (χ0) is 11.1. The average Bonchev–Trinajstić information content (AvgIpc) is 2.27. The normalized spacial score (nSPS) is 10.8. The minimum absolute atomic E-state index is 0.0829. The van der Waals surface area contributed by atoms with Gasteiger partial charge in [0.1, 0.15) is 0 Å². The Morgan fingerprint density at radius 1 is 1.27 bits per heavy atom. The summed E-state index contributed by atoms with van der Waals surface area (Å²) in [7, 11) is 0. The summed E-state index contributed by atoms with van der Waals surface area (Å²) in [4.78, 5) is 11.5. The predicted molar refractivity (Wildman–Crippen MR) is 64.2 cm³/mol. The lowest BCUT2D eigenvalue weighted by Crippen LogP contribution is -1.94. The van der Waals surface area contributed by atoms with Gasteiger partial charge in [0.15, 0.2) is 5.78 Å². The summed E-state index contributed by atoms with van der Waals surface area (Å²) in [6.07, 6.45) is 6.89. The maximum absolute atomic E-state index is 11.5. The van der Waals surface area contributed by atoms with Crippen LogP contribution in [0.4, 0.5) is 0 Å². The highest BCUT2D eigenvalue weighted by atomic mass is 16.1. The molecule has 0 aliphatic carbocycles. The number of hydrogen-bond acceptors (Lipinski definition) is 1. The third-order valence-electron chi connectivity index (χ3n) is 2.38. The van der Waals surface area contributed by atoms with Gasteiger partial charge in [0.2, 0.25) is 0 Å². The molecule has 1 aromatic carbocycles. The topological polar surface area (TPSA) is 17.1 Å². The number of carbonyl (C=O) groups excluding carboxylic acids is 1. The second-order valence-electron chi connectivity index (χ2n) is 3.66. The molecule has 15 heavy (non-hydrogen) atoms. The number of rotatable bonds is 5. The lowest BCUT2D eigenvalue weighted by molar-refractivity contribution is 0.104. The van der Waals surface area contributed by atoms with Gasteiger partial charge in [-0.1, -0.05) is 43.7 Å². The summed E-state index contributed by atoms with van der Waals surface area (Å²) < 4.78 is 0. The van der Waals surface area contributed by atoms with Gasteiger partial charge in [-0.25, -0.2) is 0 Å². The Labute approximate surface area is 91.8 Å². The van der Waals surface area contributed by atoms with Gasteiger partial charge in [-0.15, -0.1) is 0 Å². The van der Waals surface area contributed by atoms with E-state index < -0.39 is 0 Å². The highest BCUT2D eigenvalue weighted by Crippen LogP contribution is 2.08. The molecule has 1 rings (SSSR count). The van der Waals surface area contributed by atoms with Crippen molar-refractivity contribution in [3.63, 3.8) is 0 Å². The number of ketones is 1. The molecule has 0 N–H and O–H groups in total. The van der Waals surface area contributed by atoms with Crippen LogP contribution >= 0.6 is 0 Å². The maximum Gasteiger partial charge on any atom is 0.185 e. The first kappa shape index (κ1) is 11.7. The standard InChI is InChI=1S/C14H18O/c1-3-5-7-12-8-10-13(11-9-12)14(15)6-4-2/h4,6,8-11H,3,5,7H2,1-2H3/b6-4+. The third-order valence-corrected chi connectivity index (χ3v) is 2.38. The summed E-state index contributed by atoms with van der Waals surface area (Å²) in [6.45, 7) is 4.04. The van der Waals surface area contributed by atoms with Crippen LogP contribution in [-0.2, 0) is 6.42 Å². The van der Waals surface area contributed by atoms with Crippen molar-refractivity contribution in [1.82, 2.24) is 0 Å². The van der Waals surface area contributed by atoms with Gasteiger partial charge in [-0.2, -0.15) is 0 Å². The Kier molecular flexibility index (Phi) is 4.82. The van der Waals surface area contributed by atoms with E-state index in [4.69, 9.17) is 0 Å². The van der Waals surface area contributed by atoms with Crippen LogP contribution in [0.5, 0.6) is 0 Å². The van der Waals surface area contributed by atoms with Crippen LogP contribution in [0.3, 0.4) is 0 Å². The molecule has 1 nitrogen and oxygen atoms in total. The van der Waals surface area contributed by atoms with Crippen LogP contribution in [0.2, 0.25) is 0 Å². The van der Waals surface area contributed by atoms with Crippen molar-refractivity contribution >= 4 is 5.78 Å². The Morgan fingerprint density at radius 3 is 2.47 bits per heavy atom. The SMILES string of the molecule is C/C=C/C(=O)c1ccc(CCCC)cc1. The van der Waals surface area contributed by atoms with Gasteiger partial charge in [0.05, 0.1) is 0 Å². The Bertz CT molecular complexity index is 333. The first-order valence-corrected chi connectivity index (χ1v) is 5.54. The van der Waals surface area contributed by atoms with E-state index in [1.165, 1.54) is 18.4 Å². The largest absolute Gasteiger partial charge is 0.289 e. The van der Waals surface area contributed by atoms with Crippen molar-refractivity contribution in [2.24, 2.45) is 0 Å². The Morgan fingerprint density at radius 2 is 1.93 bits per heavy atom. The number of carbonyl (C=O) groups is 1. The second-order valence-corrected chi connectivity index (χ2v) is 3.66. The lowest BCUT2D eigenvalue weighted by Gasteiger charge is -2.00. The highest BCUT2D eigenvalue weighted by Gasteiger charge is 2.00. The van der Waals surface area contributed by atoms with E-state index in [2.05, 4.69) is 6.92 Å². The summed E-state index contributed by atoms with van der Waals surface area (Å²) >= 11 is 0. The molecule has 0 heterocycles. The van der Waals surface area contributed by atoms with Crippen LogP contribution < -0.4 is 0 Å². The van der Waals surface area contributed by atoms with Gasteiger partial charge in [0.25, 0.3) is 0 Å². The molecule has 0 bridgehead atoms. The van der Waals surface area contributed by atoms with Crippen molar-refractivity contribution in [1.29, 1.82) is 0 Å². The minimum Gasteiger partial charge on any atom is -0.289 e. The van der Waals surface area contributed by atoms with E-state index >= 15 is 0 Å². The summed E-state index contributed by atoms with van der Waals surface area (Å²) in [5.74, 6) is 0.0829. The van der Waals surface area contributed by atoms with Crippen molar-refractivity contribution < 1.29 is 4.79 Å². The third kappa shape index (κ3) is 3.70. The molecule has 0 saturated carbocycles. The van der Waals surface area contributed by atoms with Gasteiger partial charge in [-0.05, 0) is 31.4 Å². The van der Waals surface area contributed by atoms with Crippen LogP contribution in [0.1, 0.15) is 42.6 Å². The smallest absolute Gasteiger partial charge is 0.185 e. The van der Waals surface area contributed by atoms with Crippen molar-refractivity contribution in [3.8, 4) is 0 Å². The molecular formula is C14H18O. The van der Waals surface area contributed by atoms with Gasteiger partial charge in [-0.3, -0.25) is 4.79 Å². The molecule has 0 fully saturated rings. The molecule has 0 spiro atoms. The molecule has 0 amide bonds. The highest BCUT2D eigenvalue weighted by molar-refractivity contribution is 6.04. The van der Waals surface area contributed by atoms with E-state index in [9.17, 15) is 4.79 Å². The number of hydrogen-bond donors (Lipinski definition) is 0. The molecule has 0 aliphatic rings. The first-order valence-electron chi connectivity index (χ1n) is 5.54. The molecule has 0 aliphatic heterocycles. The summed E-state index contributed by atoms with van der Waals surface area (Å²) in [5, 5.41) is 0. The molecule has 80 valence electrons. The summed E-state index contributed by atoms with van der Waals surface area (Å²) in [5.41, 5.74) is 2.09. The zero-order valence-corrected chi connectivity index (χ0v) is 9.49. The fourth-order valence-electron chi connectivity index (χ4n) is 1.46.